The molecule has 12 heavy (non-hydrogen) atoms. The zero-order valence-electron chi connectivity index (χ0n) is 5.58. The van der Waals surface area contributed by atoms with Crippen LogP contribution in [0.3, 0.4) is 0 Å². The highest BCUT2D eigenvalue weighted by Gasteiger charge is 2.08. The molecule has 0 aromatic carbocycles. The first kappa shape index (κ1) is 7.97. The van der Waals surface area contributed by atoms with Crippen LogP contribution in [-0.2, 0) is 0 Å². The maximum absolute atomic E-state index is 5.73. The minimum Gasteiger partial charge on any atom is -0.375 e. The van der Waals surface area contributed by atoms with Crippen molar-refractivity contribution < 1.29 is 0 Å². The van der Waals surface area contributed by atoms with E-state index in [1.54, 1.807) is 0 Å². The van der Waals surface area contributed by atoms with Crippen molar-refractivity contribution in [3.05, 3.63) is 10.4 Å². The highest BCUT2D eigenvalue weighted by atomic mass is 35.5. The van der Waals surface area contributed by atoms with Crippen molar-refractivity contribution in [3.63, 3.8) is 0 Å². The summed E-state index contributed by atoms with van der Waals surface area (Å²) < 4.78 is 0. The maximum Gasteiger partial charge on any atom is 0.225 e. The fourth-order valence-electron chi connectivity index (χ4n) is 0.781. The SMILES string of the molecule is Nc1nc2c(Cl)nc(Cl)nc2s1. The van der Waals surface area contributed by atoms with Gasteiger partial charge in [0.2, 0.25) is 5.28 Å². The van der Waals surface area contributed by atoms with Crippen LogP contribution in [0.25, 0.3) is 10.3 Å². The Balaban J connectivity index is 2.88. The van der Waals surface area contributed by atoms with Crippen LogP contribution in [0.2, 0.25) is 10.4 Å². The largest absolute Gasteiger partial charge is 0.375 e. The van der Waals surface area contributed by atoms with Crippen LogP contribution in [-0.4, -0.2) is 15.0 Å². The second-order valence-corrected chi connectivity index (χ2v) is 3.69. The third-order valence-electron chi connectivity index (χ3n) is 1.21. The van der Waals surface area contributed by atoms with E-state index in [-0.39, 0.29) is 10.4 Å². The molecule has 2 heterocycles. The normalized spacial score (nSPS) is 10.8. The van der Waals surface area contributed by atoms with E-state index in [4.69, 9.17) is 28.9 Å². The van der Waals surface area contributed by atoms with Gasteiger partial charge in [-0.05, 0) is 11.6 Å². The number of nitrogens with two attached hydrogens (primary N) is 1. The molecule has 2 rings (SSSR count). The first-order valence-electron chi connectivity index (χ1n) is 2.92. The topological polar surface area (TPSA) is 64.7 Å². The van der Waals surface area contributed by atoms with Crippen LogP contribution >= 0.6 is 34.5 Å². The Morgan fingerprint density at radius 1 is 1.17 bits per heavy atom. The van der Waals surface area contributed by atoms with Gasteiger partial charge < -0.3 is 5.73 Å². The van der Waals surface area contributed by atoms with Crippen molar-refractivity contribution in [1.82, 2.24) is 15.0 Å². The predicted molar refractivity (Wildman–Crippen MR) is 49.6 cm³/mol. The fraction of sp³-hybridized carbons (Fsp3) is 0. The number of hydrogen-bond donors (Lipinski definition) is 1. The number of anilines is 1. The lowest BCUT2D eigenvalue weighted by Gasteiger charge is -1.90. The molecular formula is C5H2Cl2N4S. The van der Waals surface area contributed by atoms with Gasteiger partial charge in [0.1, 0.15) is 5.52 Å². The van der Waals surface area contributed by atoms with Gasteiger partial charge in [-0.1, -0.05) is 22.9 Å². The standard InChI is InChI=1S/C5H2Cl2N4S/c6-2-1-3(11-4(7)10-2)12-5(8)9-1/h(H2,8,9). The molecule has 2 N–H and O–H groups in total. The van der Waals surface area contributed by atoms with Crippen molar-refractivity contribution in [2.24, 2.45) is 0 Å². The van der Waals surface area contributed by atoms with Crippen LogP contribution in [0.1, 0.15) is 0 Å². The summed E-state index contributed by atoms with van der Waals surface area (Å²) in [6, 6.07) is 0. The Hall–Kier alpha value is -0.650. The molecule has 0 aliphatic carbocycles. The van der Waals surface area contributed by atoms with E-state index < -0.39 is 0 Å². The fourth-order valence-corrected chi connectivity index (χ4v) is 2.02. The van der Waals surface area contributed by atoms with E-state index in [9.17, 15) is 0 Å². The van der Waals surface area contributed by atoms with E-state index in [0.717, 1.165) is 0 Å². The molecule has 2 aromatic rings. The summed E-state index contributed by atoms with van der Waals surface area (Å²) >= 11 is 12.5. The molecule has 0 bridgehead atoms. The summed E-state index contributed by atoms with van der Waals surface area (Å²) in [7, 11) is 0. The zero-order valence-corrected chi connectivity index (χ0v) is 7.91. The molecule has 0 aliphatic rings. The Kier molecular flexibility index (Phi) is 1.79. The molecule has 0 spiro atoms. The predicted octanol–water partition coefficient (Wildman–Crippen LogP) is 1.98. The van der Waals surface area contributed by atoms with Crippen molar-refractivity contribution >= 4 is 50.0 Å². The van der Waals surface area contributed by atoms with Gasteiger partial charge in [0.05, 0.1) is 0 Å². The van der Waals surface area contributed by atoms with Crippen LogP contribution in [0.4, 0.5) is 5.13 Å². The Morgan fingerprint density at radius 2 is 1.92 bits per heavy atom. The highest BCUT2D eigenvalue weighted by Crippen LogP contribution is 2.27. The summed E-state index contributed by atoms with van der Waals surface area (Å²) in [5.74, 6) is 0. The van der Waals surface area contributed by atoms with Gasteiger partial charge in [0.25, 0.3) is 0 Å². The maximum atomic E-state index is 5.73. The van der Waals surface area contributed by atoms with Crippen LogP contribution in [0, 0.1) is 0 Å². The van der Waals surface area contributed by atoms with Gasteiger partial charge in [-0.3, -0.25) is 0 Å². The van der Waals surface area contributed by atoms with Crippen molar-refractivity contribution in [3.8, 4) is 0 Å². The molecule has 2 aromatic heterocycles. The van der Waals surface area contributed by atoms with Gasteiger partial charge in [0.15, 0.2) is 15.1 Å². The van der Waals surface area contributed by atoms with Crippen molar-refractivity contribution in [2.75, 3.05) is 5.73 Å². The Morgan fingerprint density at radius 3 is 2.67 bits per heavy atom. The quantitative estimate of drug-likeness (QED) is 0.545. The molecule has 0 saturated heterocycles. The highest BCUT2D eigenvalue weighted by molar-refractivity contribution is 7.21. The summed E-state index contributed by atoms with van der Waals surface area (Å²) in [6.07, 6.45) is 0. The number of halogens is 2. The first-order chi connectivity index (χ1) is 5.66. The minimum atomic E-state index is 0.108. The molecule has 0 radical (unpaired) electrons. The average molecular weight is 221 g/mol. The number of hydrogen-bond acceptors (Lipinski definition) is 5. The number of thiazole rings is 1. The lowest BCUT2D eigenvalue weighted by molar-refractivity contribution is 1.22. The monoisotopic (exact) mass is 220 g/mol. The zero-order chi connectivity index (χ0) is 8.72. The van der Waals surface area contributed by atoms with E-state index >= 15 is 0 Å². The third-order valence-corrected chi connectivity index (χ3v) is 2.42. The number of fused-ring (bicyclic) bond motifs is 1. The minimum absolute atomic E-state index is 0.108. The summed E-state index contributed by atoms with van der Waals surface area (Å²) in [4.78, 5) is 12.2. The molecule has 0 atom stereocenters. The Bertz CT molecular complexity index is 440. The molecule has 0 saturated carbocycles. The van der Waals surface area contributed by atoms with Gasteiger partial charge in [0, 0.05) is 0 Å². The van der Waals surface area contributed by atoms with E-state index in [1.807, 2.05) is 0 Å². The smallest absolute Gasteiger partial charge is 0.225 e. The number of nitrogen functional groups attached to an aromatic ring is 1. The number of rotatable bonds is 0. The van der Waals surface area contributed by atoms with Gasteiger partial charge in [-0.25, -0.2) is 15.0 Å². The van der Waals surface area contributed by atoms with Gasteiger partial charge in [-0.2, -0.15) is 0 Å². The van der Waals surface area contributed by atoms with Gasteiger partial charge in [-0.15, -0.1) is 0 Å². The number of aromatic nitrogens is 3. The van der Waals surface area contributed by atoms with Crippen molar-refractivity contribution in [1.29, 1.82) is 0 Å². The molecule has 0 fully saturated rings. The molecule has 62 valence electrons. The van der Waals surface area contributed by atoms with Crippen LogP contribution in [0.15, 0.2) is 0 Å². The first-order valence-corrected chi connectivity index (χ1v) is 4.49. The summed E-state index contributed by atoms with van der Waals surface area (Å²) in [6.45, 7) is 0. The van der Waals surface area contributed by atoms with Crippen molar-refractivity contribution in [2.45, 2.75) is 0 Å². The number of nitrogens with zero attached hydrogens (tertiary/aromatic N) is 3. The van der Waals surface area contributed by atoms with Crippen LogP contribution < -0.4 is 5.73 Å². The summed E-state index contributed by atoms with van der Waals surface area (Å²) in [5.41, 5.74) is 5.95. The third kappa shape index (κ3) is 1.20. The average Bonchev–Trinajstić information content (AvgIpc) is 2.29. The molecule has 7 heteroatoms. The lowest BCUT2D eigenvalue weighted by Crippen LogP contribution is -1.84. The van der Waals surface area contributed by atoms with E-state index in [0.29, 0.717) is 15.5 Å². The molecule has 4 nitrogen and oxygen atoms in total. The van der Waals surface area contributed by atoms with E-state index in [2.05, 4.69) is 15.0 Å². The molecule has 0 unspecified atom stereocenters. The van der Waals surface area contributed by atoms with Gasteiger partial charge >= 0.3 is 0 Å². The summed E-state index contributed by atoms with van der Waals surface area (Å²) in [5, 5.41) is 0.748. The lowest BCUT2D eigenvalue weighted by atomic mass is 10.6. The molecular weight excluding hydrogens is 219 g/mol. The molecule has 0 amide bonds. The second kappa shape index (κ2) is 2.69. The Labute approximate surface area is 81.4 Å². The van der Waals surface area contributed by atoms with Crippen LogP contribution in [0.5, 0.6) is 0 Å². The second-order valence-electron chi connectivity index (χ2n) is 1.99. The van der Waals surface area contributed by atoms with E-state index in [1.165, 1.54) is 11.3 Å². The molecule has 0 aliphatic heterocycles.